The number of halogens is 1. The molecule has 1 aliphatic heterocycles. The molecule has 0 unspecified atom stereocenters. The first-order valence-electron chi connectivity index (χ1n) is 7.39. The highest BCUT2D eigenvalue weighted by Gasteiger charge is 2.29. The average Bonchev–Trinajstić information content (AvgIpc) is 2.97. The van der Waals surface area contributed by atoms with Gasteiger partial charge in [-0.15, -0.1) is 11.8 Å². The minimum absolute atomic E-state index is 0.0641. The predicted molar refractivity (Wildman–Crippen MR) is 85.0 cm³/mol. The monoisotopic (exact) mass is 359 g/mol. The fourth-order valence-corrected chi connectivity index (χ4v) is 3.01. The molecule has 0 saturated carbocycles. The Morgan fingerprint density at radius 1 is 1.58 bits per heavy atom. The van der Waals surface area contributed by atoms with Crippen LogP contribution in [-0.4, -0.2) is 39.2 Å². The third kappa shape index (κ3) is 4.78. The first-order chi connectivity index (χ1) is 11.4. The molecule has 1 saturated heterocycles. The maximum Gasteiger partial charge on any atom is 0.351 e. The smallest absolute Gasteiger partial charge is 0.351 e. The lowest BCUT2D eigenvalue weighted by molar-refractivity contribution is -0.147. The van der Waals surface area contributed by atoms with Crippen LogP contribution >= 0.6 is 11.8 Å². The van der Waals surface area contributed by atoms with E-state index in [1.165, 1.54) is 18.7 Å². The van der Waals surface area contributed by atoms with Gasteiger partial charge in [-0.2, -0.15) is 4.98 Å². The number of esters is 1. The van der Waals surface area contributed by atoms with Gasteiger partial charge in [-0.25, -0.2) is 9.18 Å². The summed E-state index contributed by atoms with van der Waals surface area (Å²) in [7, 11) is 0. The number of hydrogen-bond acceptors (Lipinski definition) is 7. The van der Waals surface area contributed by atoms with Crippen LogP contribution in [0, 0.1) is 5.82 Å². The SMILES string of the molecule is CCCC(=O)OC[C@H]1O[C@@H](n2cc(F)c(NC(C)=O)nc2=O)CS1. The molecular formula is C14H18FN3O5S. The Morgan fingerprint density at radius 2 is 2.33 bits per heavy atom. The molecule has 0 aromatic carbocycles. The summed E-state index contributed by atoms with van der Waals surface area (Å²) >= 11 is 1.36. The Kier molecular flexibility index (Phi) is 6.32. The zero-order chi connectivity index (χ0) is 17.7. The Labute approximate surface area is 141 Å². The third-order valence-corrected chi connectivity index (χ3v) is 4.18. The Hall–Kier alpha value is -1.94. The van der Waals surface area contributed by atoms with Crippen LogP contribution in [0.15, 0.2) is 11.0 Å². The number of carbonyl (C=O) groups excluding carboxylic acids is 2. The van der Waals surface area contributed by atoms with E-state index < -0.39 is 34.9 Å². The van der Waals surface area contributed by atoms with Crippen molar-refractivity contribution in [3.63, 3.8) is 0 Å². The predicted octanol–water partition coefficient (Wildman–Crippen LogP) is 1.27. The second-order valence-corrected chi connectivity index (χ2v) is 6.29. The van der Waals surface area contributed by atoms with Crippen LogP contribution < -0.4 is 11.0 Å². The highest BCUT2D eigenvalue weighted by molar-refractivity contribution is 8.00. The van der Waals surface area contributed by atoms with Gasteiger partial charge in [-0.05, 0) is 6.42 Å². The lowest BCUT2D eigenvalue weighted by Crippen LogP contribution is -2.30. The van der Waals surface area contributed by atoms with E-state index >= 15 is 0 Å². The molecule has 2 atom stereocenters. The second kappa shape index (κ2) is 8.25. The zero-order valence-corrected chi connectivity index (χ0v) is 14.1. The van der Waals surface area contributed by atoms with Gasteiger partial charge < -0.3 is 14.8 Å². The van der Waals surface area contributed by atoms with Crippen molar-refractivity contribution in [2.75, 3.05) is 17.7 Å². The summed E-state index contributed by atoms with van der Waals surface area (Å²) in [6, 6.07) is 0. The fourth-order valence-electron chi connectivity index (χ4n) is 2.02. The minimum atomic E-state index is -0.837. The van der Waals surface area contributed by atoms with Crippen LogP contribution in [0.4, 0.5) is 10.2 Å². The number of aromatic nitrogens is 2. The van der Waals surface area contributed by atoms with Crippen molar-refractivity contribution in [2.24, 2.45) is 0 Å². The van der Waals surface area contributed by atoms with Crippen molar-refractivity contribution in [3.8, 4) is 0 Å². The van der Waals surface area contributed by atoms with Crippen LogP contribution in [0.3, 0.4) is 0 Å². The molecule has 1 aliphatic rings. The standard InChI is InChI=1S/C14H18FN3O5S/c1-3-4-11(20)22-6-12-23-10(7-24-12)18-5-9(15)13(16-8(2)19)17-14(18)21/h5,10,12H,3-4,6-7H2,1-2H3,(H,16,17,19,21)/t10-,12+/m1/s1. The summed E-state index contributed by atoms with van der Waals surface area (Å²) in [6.45, 7) is 3.12. The highest BCUT2D eigenvalue weighted by atomic mass is 32.2. The minimum Gasteiger partial charge on any atom is -0.462 e. The van der Waals surface area contributed by atoms with Crippen LogP contribution in [0.2, 0.25) is 0 Å². The molecule has 1 aromatic heterocycles. The van der Waals surface area contributed by atoms with Gasteiger partial charge in [0.05, 0.1) is 6.20 Å². The van der Waals surface area contributed by atoms with E-state index in [1.807, 2.05) is 6.92 Å². The summed E-state index contributed by atoms with van der Waals surface area (Å²) in [5.41, 5.74) is -1.17. The van der Waals surface area contributed by atoms with E-state index in [2.05, 4.69) is 10.3 Å². The van der Waals surface area contributed by atoms with Gasteiger partial charge >= 0.3 is 11.7 Å². The van der Waals surface area contributed by atoms with Gasteiger partial charge in [0.1, 0.15) is 18.3 Å². The number of rotatable bonds is 6. The van der Waals surface area contributed by atoms with Crippen LogP contribution in [0.5, 0.6) is 0 Å². The Bertz CT molecular complexity index is 681. The number of thioether (sulfide) groups is 1. The summed E-state index contributed by atoms with van der Waals surface area (Å²) in [4.78, 5) is 37.8. The van der Waals surface area contributed by atoms with Gasteiger partial charge in [0.2, 0.25) is 5.91 Å². The van der Waals surface area contributed by atoms with Crippen LogP contribution in [0.25, 0.3) is 0 Å². The summed E-state index contributed by atoms with van der Waals surface area (Å²) in [6.07, 6.45) is 1.25. The van der Waals surface area contributed by atoms with Crippen molar-refractivity contribution < 1.29 is 23.5 Å². The van der Waals surface area contributed by atoms with E-state index in [4.69, 9.17) is 9.47 Å². The lowest BCUT2D eigenvalue weighted by atomic mass is 10.3. The molecule has 0 bridgehead atoms. The molecule has 1 fully saturated rings. The first kappa shape index (κ1) is 18.4. The van der Waals surface area contributed by atoms with Crippen molar-refractivity contribution in [1.29, 1.82) is 0 Å². The number of carbonyl (C=O) groups is 2. The van der Waals surface area contributed by atoms with Gasteiger partial charge in [0.25, 0.3) is 0 Å². The molecule has 0 aliphatic carbocycles. The lowest BCUT2D eigenvalue weighted by Gasteiger charge is -2.15. The molecule has 0 spiro atoms. The maximum atomic E-state index is 13.9. The highest BCUT2D eigenvalue weighted by Crippen LogP contribution is 2.31. The number of nitrogens with zero attached hydrogens (tertiary/aromatic N) is 2. The van der Waals surface area contributed by atoms with Crippen molar-refractivity contribution in [3.05, 3.63) is 22.5 Å². The molecule has 10 heteroatoms. The topological polar surface area (TPSA) is 99.5 Å². The molecule has 2 rings (SSSR count). The van der Waals surface area contributed by atoms with Gasteiger partial charge in [0, 0.05) is 19.1 Å². The Balaban J connectivity index is 2.00. The average molecular weight is 359 g/mol. The Morgan fingerprint density at radius 3 is 3.00 bits per heavy atom. The largest absolute Gasteiger partial charge is 0.462 e. The number of anilines is 1. The normalized spacial score (nSPS) is 20.0. The van der Waals surface area contributed by atoms with Gasteiger partial charge in [-0.3, -0.25) is 14.2 Å². The number of amides is 1. The number of hydrogen-bond donors (Lipinski definition) is 1. The molecular weight excluding hydrogens is 341 g/mol. The number of nitrogens with one attached hydrogen (secondary N) is 1. The summed E-state index contributed by atoms with van der Waals surface area (Å²) in [5, 5.41) is 2.14. The molecule has 2 heterocycles. The van der Waals surface area contributed by atoms with E-state index in [0.29, 0.717) is 18.6 Å². The first-order valence-corrected chi connectivity index (χ1v) is 8.44. The van der Waals surface area contributed by atoms with Gasteiger partial charge in [0.15, 0.2) is 11.6 Å². The summed E-state index contributed by atoms with van der Waals surface area (Å²) in [5.74, 6) is -1.71. The second-order valence-electron chi connectivity index (χ2n) is 5.10. The van der Waals surface area contributed by atoms with Crippen molar-refractivity contribution in [2.45, 2.75) is 38.4 Å². The van der Waals surface area contributed by atoms with Crippen molar-refractivity contribution in [1.82, 2.24) is 9.55 Å². The zero-order valence-electron chi connectivity index (χ0n) is 13.3. The fraction of sp³-hybridized carbons (Fsp3) is 0.571. The van der Waals surface area contributed by atoms with E-state index in [1.54, 1.807) is 0 Å². The van der Waals surface area contributed by atoms with Crippen LogP contribution in [-0.2, 0) is 19.1 Å². The molecule has 132 valence electrons. The van der Waals surface area contributed by atoms with E-state index in [0.717, 1.165) is 10.8 Å². The maximum absolute atomic E-state index is 13.9. The number of ether oxygens (including phenoxy) is 2. The van der Waals surface area contributed by atoms with Gasteiger partial charge in [-0.1, -0.05) is 6.92 Å². The van der Waals surface area contributed by atoms with Crippen LogP contribution in [0.1, 0.15) is 32.9 Å². The third-order valence-electron chi connectivity index (χ3n) is 3.08. The molecule has 1 amide bonds. The van der Waals surface area contributed by atoms with E-state index in [9.17, 15) is 18.8 Å². The quantitative estimate of drug-likeness (QED) is 0.764. The molecule has 24 heavy (non-hydrogen) atoms. The summed E-state index contributed by atoms with van der Waals surface area (Å²) < 4.78 is 25.6. The molecule has 1 N–H and O–H groups in total. The molecule has 1 aromatic rings. The van der Waals surface area contributed by atoms with Crippen molar-refractivity contribution >= 4 is 29.5 Å². The molecule has 0 radical (unpaired) electrons. The molecule has 8 nitrogen and oxygen atoms in total. The van der Waals surface area contributed by atoms with E-state index in [-0.39, 0.29) is 12.6 Å².